The van der Waals surface area contributed by atoms with Crippen LogP contribution in [0.1, 0.15) is 6.92 Å². The fourth-order valence-corrected chi connectivity index (χ4v) is 2.98. The second kappa shape index (κ2) is 8.84. The highest BCUT2D eigenvalue weighted by atomic mass is 16.7. The summed E-state index contributed by atoms with van der Waals surface area (Å²) in [6, 6.07) is -1.29. The number of carbonyl (C=O) groups excluding carboxylic acids is 1. The van der Waals surface area contributed by atoms with Crippen molar-refractivity contribution in [2.24, 2.45) is 0 Å². The Bertz CT molecular complexity index is 478. The number of aliphatic hydroxyl groups excluding tert-OH is 7. The van der Waals surface area contributed by atoms with Crippen molar-refractivity contribution >= 4 is 5.91 Å². The number of ether oxygens (including phenoxy) is 3. The highest BCUT2D eigenvalue weighted by Gasteiger charge is 2.50. The van der Waals surface area contributed by atoms with E-state index in [9.17, 15) is 40.5 Å². The molecule has 2 aliphatic rings. The minimum atomic E-state index is -1.73. The van der Waals surface area contributed by atoms with Gasteiger partial charge in [-0.25, -0.2) is 0 Å². The Labute approximate surface area is 148 Å². The van der Waals surface area contributed by atoms with Crippen LogP contribution in [0.25, 0.3) is 0 Å². The van der Waals surface area contributed by atoms with Gasteiger partial charge in [0.15, 0.2) is 12.6 Å². The molecule has 2 heterocycles. The van der Waals surface area contributed by atoms with Crippen molar-refractivity contribution in [3.63, 3.8) is 0 Å². The molecule has 2 fully saturated rings. The van der Waals surface area contributed by atoms with Crippen molar-refractivity contribution in [2.45, 2.75) is 68.3 Å². The van der Waals surface area contributed by atoms with Crippen molar-refractivity contribution in [2.75, 3.05) is 13.2 Å². The molecule has 0 aliphatic carbocycles. The summed E-state index contributed by atoms with van der Waals surface area (Å²) in [5.41, 5.74) is 0. The predicted octanol–water partition coefficient (Wildman–Crippen LogP) is -5.25. The van der Waals surface area contributed by atoms with Crippen molar-refractivity contribution in [1.29, 1.82) is 0 Å². The van der Waals surface area contributed by atoms with Crippen LogP contribution in [-0.4, -0.2) is 116 Å². The normalized spacial score (nSPS) is 46.8. The van der Waals surface area contributed by atoms with Gasteiger partial charge in [0.25, 0.3) is 0 Å². The summed E-state index contributed by atoms with van der Waals surface area (Å²) >= 11 is 0. The highest BCUT2D eigenvalue weighted by molar-refractivity contribution is 5.73. The van der Waals surface area contributed by atoms with E-state index in [1.54, 1.807) is 0 Å². The Balaban J connectivity index is 2.16. The summed E-state index contributed by atoms with van der Waals surface area (Å²) in [7, 11) is 0. The van der Waals surface area contributed by atoms with Crippen LogP contribution >= 0.6 is 0 Å². The van der Waals surface area contributed by atoms with Crippen LogP contribution in [0.5, 0.6) is 0 Å². The van der Waals surface area contributed by atoms with E-state index in [4.69, 9.17) is 14.2 Å². The second-order valence-corrected chi connectivity index (χ2v) is 6.26. The first kappa shape index (κ1) is 21.4. The first-order valence-corrected chi connectivity index (χ1v) is 8.06. The van der Waals surface area contributed by atoms with Crippen LogP contribution in [0.3, 0.4) is 0 Å². The van der Waals surface area contributed by atoms with Gasteiger partial charge in [0.05, 0.1) is 13.2 Å². The zero-order valence-corrected chi connectivity index (χ0v) is 14.0. The quantitative estimate of drug-likeness (QED) is 0.226. The average molecular weight is 383 g/mol. The minimum Gasteiger partial charge on any atom is -0.394 e. The molecule has 0 unspecified atom stereocenters. The molecule has 0 saturated carbocycles. The van der Waals surface area contributed by atoms with E-state index in [2.05, 4.69) is 5.32 Å². The topological polar surface area (TPSA) is 198 Å². The molecule has 0 radical (unpaired) electrons. The lowest BCUT2D eigenvalue weighted by atomic mass is 9.95. The lowest BCUT2D eigenvalue weighted by Gasteiger charge is -2.46. The van der Waals surface area contributed by atoms with Gasteiger partial charge in [-0.05, 0) is 0 Å². The van der Waals surface area contributed by atoms with Gasteiger partial charge < -0.3 is 55.3 Å². The summed E-state index contributed by atoms with van der Waals surface area (Å²) in [6.45, 7) is -0.195. The van der Waals surface area contributed by atoms with Gasteiger partial charge in [-0.3, -0.25) is 4.79 Å². The Morgan fingerprint density at radius 2 is 1.54 bits per heavy atom. The molecule has 0 bridgehead atoms. The van der Waals surface area contributed by atoms with Crippen LogP contribution in [0.4, 0.5) is 0 Å². The van der Waals surface area contributed by atoms with Gasteiger partial charge in [0, 0.05) is 6.92 Å². The summed E-state index contributed by atoms with van der Waals surface area (Å²) in [5, 5.41) is 70.7. The zero-order valence-electron chi connectivity index (χ0n) is 14.0. The van der Waals surface area contributed by atoms with Gasteiger partial charge in [0.2, 0.25) is 5.91 Å². The van der Waals surface area contributed by atoms with Crippen molar-refractivity contribution in [3.8, 4) is 0 Å². The Morgan fingerprint density at radius 1 is 0.923 bits per heavy atom. The van der Waals surface area contributed by atoms with Crippen LogP contribution in [0, 0.1) is 0 Å². The molecule has 152 valence electrons. The Morgan fingerprint density at radius 3 is 2.08 bits per heavy atom. The summed E-state index contributed by atoms with van der Waals surface area (Å²) in [4.78, 5) is 11.2. The largest absolute Gasteiger partial charge is 0.394 e. The maximum absolute atomic E-state index is 11.2. The summed E-state index contributed by atoms with van der Waals surface area (Å²) in [6.07, 6.45) is -13.6. The monoisotopic (exact) mass is 383 g/mol. The van der Waals surface area contributed by atoms with E-state index in [0.29, 0.717) is 0 Å². The average Bonchev–Trinajstić information content (AvgIpc) is 2.60. The molecule has 1 amide bonds. The SMILES string of the molecule is CC(=O)N[C@H]1[C@@H](O)[C@H](O[C@@H]2O[C@@H](CO)[C@H](O)[C@H](O)[C@@H]2O)[C@H](CO)O[C@H]1O. The van der Waals surface area contributed by atoms with Gasteiger partial charge in [-0.1, -0.05) is 0 Å². The molecule has 2 rings (SSSR count). The maximum atomic E-state index is 11.2. The third-order valence-electron chi connectivity index (χ3n) is 4.38. The lowest BCUT2D eigenvalue weighted by Crippen LogP contribution is -2.67. The zero-order chi connectivity index (χ0) is 19.6. The standard InChI is InChI=1S/C14H25NO11/c1-4(18)15-7-9(20)12(6(3-17)24-13(7)23)26-14-11(22)10(21)8(19)5(2-16)25-14/h5-14,16-17,19-23H,2-3H2,1H3,(H,15,18)/t5-,6-,7-,8-,9+,10-,11-,12+,13+,14-/m0/s1. The van der Waals surface area contributed by atoms with Gasteiger partial charge in [-0.2, -0.15) is 0 Å². The third-order valence-corrected chi connectivity index (χ3v) is 4.38. The summed E-state index contributed by atoms with van der Waals surface area (Å²) in [5.74, 6) is -0.564. The molecule has 2 saturated heterocycles. The predicted molar refractivity (Wildman–Crippen MR) is 80.2 cm³/mol. The lowest BCUT2D eigenvalue weighted by molar-refractivity contribution is -0.345. The molecule has 12 heteroatoms. The molecule has 8 N–H and O–H groups in total. The first-order chi connectivity index (χ1) is 12.2. The third kappa shape index (κ3) is 4.31. The number of rotatable bonds is 5. The molecule has 0 aromatic heterocycles. The molecule has 26 heavy (non-hydrogen) atoms. The Kier molecular flexibility index (Phi) is 7.27. The van der Waals surface area contributed by atoms with Gasteiger partial charge >= 0.3 is 0 Å². The molecular weight excluding hydrogens is 358 g/mol. The van der Waals surface area contributed by atoms with Crippen LogP contribution in [0.2, 0.25) is 0 Å². The van der Waals surface area contributed by atoms with E-state index in [1.807, 2.05) is 0 Å². The van der Waals surface area contributed by atoms with Crippen LogP contribution in [0.15, 0.2) is 0 Å². The first-order valence-electron chi connectivity index (χ1n) is 8.06. The molecule has 12 nitrogen and oxygen atoms in total. The molecule has 2 aliphatic heterocycles. The maximum Gasteiger partial charge on any atom is 0.217 e. The molecule has 0 aromatic carbocycles. The second-order valence-electron chi connectivity index (χ2n) is 6.26. The van der Waals surface area contributed by atoms with Crippen molar-refractivity contribution in [1.82, 2.24) is 5.32 Å². The van der Waals surface area contributed by atoms with E-state index in [1.165, 1.54) is 0 Å². The number of aliphatic hydroxyl groups is 7. The number of hydrogen-bond acceptors (Lipinski definition) is 11. The number of nitrogens with one attached hydrogen (secondary N) is 1. The van der Waals surface area contributed by atoms with E-state index >= 15 is 0 Å². The molecule has 10 atom stereocenters. The molecule has 0 spiro atoms. The van der Waals surface area contributed by atoms with Crippen LogP contribution in [-0.2, 0) is 19.0 Å². The fourth-order valence-electron chi connectivity index (χ4n) is 2.98. The number of carbonyl (C=O) groups is 1. The van der Waals surface area contributed by atoms with E-state index in [0.717, 1.165) is 6.92 Å². The van der Waals surface area contributed by atoms with Crippen LogP contribution < -0.4 is 5.32 Å². The summed E-state index contributed by atoms with van der Waals surface area (Å²) < 4.78 is 15.7. The molecule has 0 aromatic rings. The fraction of sp³-hybridized carbons (Fsp3) is 0.929. The minimum absolute atomic E-state index is 0.564. The van der Waals surface area contributed by atoms with E-state index in [-0.39, 0.29) is 0 Å². The van der Waals surface area contributed by atoms with Gasteiger partial charge in [-0.15, -0.1) is 0 Å². The smallest absolute Gasteiger partial charge is 0.217 e. The van der Waals surface area contributed by atoms with E-state index < -0.39 is 80.5 Å². The van der Waals surface area contributed by atoms with Gasteiger partial charge in [0.1, 0.15) is 48.8 Å². The highest BCUT2D eigenvalue weighted by Crippen LogP contribution is 2.28. The number of amides is 1. The van der Waals surface area contributed by atoms with Crippen molar-refractivity contribution in [3.05, 3.63) is 0 Å². The molecular formula is C14H25NO11. The Hall–Kier alpha value is -0.930. The number of hydrogen-bond donors (Lipinski definition) is 8. The van der Waals surface area contributed by atoms with Crippen molar-refractivity contribution < 1.29 is 54.8 Å².